The highest BCUT2D eigenvalue weighted by Crippen LogP contribution is 2.13. The van der Waals surface area contributed by atoms with Gasteiger partial charge in [0.1, 0.15) is 5.76 Å². The molecule has 12 heavy (non-hydrogen) atoms. The molecule has 0 unspecified atom stereocenters. The van der Waals surface area contributed by atoms with E-state index in [0.29, 0.717) is 5.76 Å². The Morgan fingerprint density at radius 1 is 1.67 bits per heavy atom. The molecule has 0 aliphatic carbocycles. The monoisotopic (exact) mass is 166 g/mol. The van der Waals surface area contributed by atoms with Crippen LogP contribution < -0.4 is 0 Å². The highest BCUT2D eigenvalue weighted by Gasteiger charge is 2.01. The van der Waals surface area contributed by atoms with E-state index in [2.05, 4.69) is 4.74 Å². The summed E-state index contributed by atoms with van der Waals surface area (Å²) in [5, 5.41) is 0. The fourth-order valence-corrected chi connectivity index (χ4v) is 0.810. The number of carbonyl (C=O) groups excluding carboxylic acids is 1. The Bertz CT molecular complexity index is 283. The Morgan fingerprint density at radius 2 is 2.42 bits per heavy atom. The molecule has 0 atom stereocenters. The van der Waals surface area contributed by atoms with Crippen LogP contribution in [0.1, 0.15) is 12.7 Å². The molecule has 1 aromatic heterocycles. The molecule has 64 valence electrons. The zero-order chi connectivity index (χ0) is 8.97. The van der Waals surface area contributed by atoms with Crippen molar-refractivity contribution >= 4 is 11.5 Å². The number of esters is 1. The lowest BCUT2D eigenvalue weighted by Crippen LogP contribution is -1.95. The van der Waals surface area contributed by atoms with Gasteiger partial charge in [0.25, 0.3) is 0 Å². The summed E-state index contributed by atoms with van der Waals surface area (Å²) in [5.41, 5.74) is 0.756. The van der Waals surface area contributed by atoms with Crippen molar-refractivity contribution in [1.82, 2.24) is 0 Å². The molecule has 0 bridgehead atoms. The van der Waals surface area contributed by atoms with E-state index in [1.54, 1.807) is 25.3 Å². The second-order valence-corrected chi connectivity index (χ2v) is 2.33. The van der Waals surface area contributed by atoms with Crippen LogP contribution in [0.2, 0.25) is 0 Å². The summed E-state index contributed by atoms with van der Waals surface area (Å²) in [6.45, 7) is 1.79. The number of rotatable bonds is 2. The summed E-state index contributed by atoms with van der Waals surface area (Å²) in [6, 6.07) is 3.55. The Kier molecular flexibility index (Phi) is 2.69. The van der Waals surface area contributed by atoms with Crippen LogP contribution in [0.3, 0.4) is 0 Å². The van der Waals surface area contributed by atoms with Gasteiger partial charge >= 0.3 is 5.97 Å². The average molecular weight is 166 g/mol. The van der Waals surface area contributed by atoms with Crippen molar-refractivity contribution < 1.29 is 13.9 Å². The normalized spacial score (nSPS) is 11.3. The van der Waals surface area contributed by atoms with Crippen molar-refractivity contribution in [3.05, 3.63) is 30.2 Å². The van der Waals surface area contributed by atoms with Crippen molar-refractivity contribution in [2.75, 3.05) is 7.11 Å². The molecule has 0 radical (unpaired) electrons. The predicted molar refractivity (Wildman–Crippen MR) is 44.4 cm³/mol. The van der Waals surface area contributed by atoms with E-state index in [4.69, 9.17) is 4.42 Å². The molecule has 0 spiro atoms. The topological polar surface area (TPSA) is 39.4 Å². The van der Waals surface area contributed by atoms with E-state index >= 15 is 0 Å². The average Bonchev–Trinajstić information content (AvgIpc) is 2.56. The number of ether oxygens (including phenoxy) is 1. The molecule has 0 amide bonds. The maximum atomic E-state index is 10.8. The minimum Gasteiger partial charge on any atom is -0.466 e. The van der Waals surface area contributed by atoms with Crippen molar-refractivity contribution in [1.29, 1.82) is 0 Å². The molecule has 1 heterocycles. The van der Waals surface area contributed by atoms with Crippen LogP contribution in [0, 0.1) is 0 Å². The van der Waals surface area contributed by atoms with Gasteiger partial charge in [-0.3, -0.25) is 0 Å². The van der Waals surface area contributed by atoms with Gasteiger partial charge in [-0.2, -0.15) is 0 Å². The largest absolute Gasteiger partial charge is 0.466 e. The molecule has 0 N–H and O–H groups in total. The molecule has 0 aliphatic heterocycles. The van der Waals surface area contributed by atoms with Crippen LogP contribution >= 0.6 is 0 Å². The number of hydrogen-bond acceptors (Lipinski definition) is 3. The SMILES string of the molecule is COC(=O)/C=C(/C)c1ccco1. The summed E-state index contributed by atoms with van der Waals surface area (Å²) in [7, 11) is 1.34. The molecule has 3 nitrogen and oxygen atoms in total. The van der Waals surface area contributed by atoms with Crippen LogP contribution in [0.25, 0.3) is 5.57 Å². The van der Waals surface area contributed by atoms with Gasteiger partial charge in [0.05, 0.1) is 13.4 Å². The summed E-state index contributed by atoms with van der Waals surface area (Å²) < 4.78 is 9.53. The quantitative estimate of drug-likeness (QED) is 0.497. The van der Waals surface area contributed by atoms with E-state index in [9.17, 15) is 4.79 Å². The zero-order valence-electron chi connectivity index (χ0n) is 7.03. The second kappa shape index (κ2) is 3.76. The highest BCUT2D eigenvalue weighted by molar-refractivity contribution is 5.89. The fourth-order valence-electron chi connectivity index (χ4n) is 0.810. The Balaban J connectivity index is 2.77. The Morgan fingerprint density at radius 3 is 2.92 bits per heavy atom. The van der Waals surface area contributed by atoms with Gasteiger partial charge in [-0.1, -0.05) is 0 Å². The molecule has 0 fully saturated rings. The number of hydrogen-bond donors (Lipinski definition) is 0. The number of allylic oxidation sites excluding steroid dienone is 1. The Hall–Kier alpha value is -1.51. The first-order valence-corrected chi connectivity index (χ1v) is 3.54. The number of furan rings is 1. The van der Waals surface area contributed by atoms with Crippen LogP contribution in [0.15, 0.2) is 28.9 Å². The first kappa shape index (κ1) is 8.59. The maximum absolute atomic E-state index is 10.8. The summed E-state index contributed by atoms with van der Waals surface area (Å²) >= 11 is 0. The molecule has 3 heteroatoms. The molecule has 0 aromatic carbocycles. The van der Waals surface area contributed by atoms with Crippen molar-refractivity contribution in [3.8, 4) is 0 Å². The third-order valence-electron chi connectivity index (χ3n) is 1.45. The number of carbonyl (C=O) groups is 1. The first-order chi connectivity index (χ1) is 5.74. The maximum Gasteiger partial charge on any atom is 0.330 e. The molecule has 0 aliphatic rings. The van der Waals surface area contributed by atoms with E-state index < -0.39 is 0 Å². The van der Waals surface area contributed by atoms with Crippen LogP contribution in [0.5, 0.6) is 0 Å². The van der Waals surface area contributed by atoms with Crippen LogP contribution in [-0.4, -0.2) is 13.1 Å². The predicted octanol–water partition coefficient (Wildman–Crippen LogP) is 1.86. The summed E-state index contributed by atoms with van der Waals surface area (Å²) in [4.78, 5) is 10.8. The van der Waals surface area contributed by atoms with Gasteiger partial charge in [0.2, 0.25) is 0 Å². The molecular formula is C9H10O3. The first-order valence-electron chi connectivity index (χ1n) is 3.54. The lowest BCUT2D eigenvalue weighted by Gasteiger charge is -1.94. The zero-order valence-corrected chi connectivity index (χ0v) is 7.03. The Labute approximate surface area is 70.6 Å². The van der Waals surface area contributed by atoms with Gasteiger partial charge < -0.3 is 9.15 Å². The van der Waals surface area contributed by atoms with Gasteiger partial charge in [-0.15, -0.1) is 0 Å². The van der Waals surface area contributed by atoms with E-state index in [1.807, 2.05) is 0 Å². The fraction of sp³-hybridized carbons (Fsp3) is 0.222. The van der Waals surface area contributed by atoms with Gasteiger partial charge in [0, 0.05) is 6.08 Å². The number of methoxy groups -OCH3 is 1. The lowest BCUT2D eigenvalue weighted by atomic mass is 10.2. The second-order valence-electron chi connectivity index (χ2n) is 2.33. The van der Waals surface area contributed by atoms with Crippen LogP contribution in [0.4, 0.5) is 0 Å². The third kappa shape index (κ3) is 1.99. The highest BCUT2D eigenvalue weighted by atomic mass is 16.5. The lowest BCUT2D eigenvalue weighted by molar-refractivity contribution is -0.134. The van der Waals surface area contributed by atoms with Crippen LogP contribution in [-0.2, 0) is 9.53 Å². The van der Waals surface area contributed by atoms with Crippen molar-refractivity contribution in [2.45, 2.75) is 6.92 Å². The van der Waals surface area contributed by atoms with Crippen molar-refractivity contribution in [2.24, 2.45) is 0 Å². The third-order valence-corrected chi connectivity index (χ3v) is 1.45. The molecule has 0 saturated carbocycles. The summed E-state index contributed by atoms with van der Waals surface area (Å²) in [5.74, 6) is 0.310. The summed E-state index contributed by atoms with van der Waals surface area (Å²) in [6.07, 6.45) is 2.95. The molecule has 0 saturated heterocycles. The molecular weight excluding hydrogens is 156 g/mol. The van der Waals surface area contributed by atoms with E-state index in [0.717, 1.165) is 5.57 Å². The van der Waals surface area contributed by atoms with E-state index in [1.165, 1.54) is 13.2 Å². The minimum atomic E-state index is -0.371. The standard InChI is InChI=1S/C9H10O3/c1-7(6-9(10)11-2)8-4-3-5-12-8/h3-6H,1-2H3/b7-6-. The van der Waals surface area contributed by atoms with E-state index in [-0.39, 0.29) is 5.97 Å². The smallest absolute Gasteiger partial charge is 0.330 e. The van der Waals surface area contributed by atoms with Gasteiger partial charge in [-0.25, -0.2) is 4.79 Å². The minimum absolute atomic E-state index is 0.371. The molecule has 1 rings (SSSR count). The van der Waals surface area contributed by atoms with Gasteiger partial charge in [0.15, 0.2) is 0 Å². The van der Waals surface area contributed by atoms with Gasteiger partial charge in [-0.05, 0) is 24.6 Å². The molecule has 1 aromatic rings. The van der Waals surface area contributed by atoms with Crippen molar-refractivity contribution in [3.63, 3.8) is 0 Å².